The molecular formula is C22H35NO. The second kappa shape index (κ2) is 9.86. The summed E-state index contributed by atoms with van der Waals surface area (Å²) in [6, 6.07) is 8.44. The van der Waals surface area contributed by atoms with Crippen molar-refractivity contribution in [3.8, 4) is 0 Å². The molecule has 2 rings (SSSR count). The van der Waals surface area contributed by atoms with E-state index in [9.17, 15) is 0 Å². The molecule has 1 heterocycles. The van der Waals surface area contributed by atoms with Gasteiger partial charge in [-0.1, -0.05) is 70.6 Å². The Morgan fingerprint density at radius 2 is 1.54 bits per heavy atom. The van der Waals surface area contributed by atoms with Crippen LogP contribution in [0.15, 0.2) is 29.3 Å². The molecule has 0 N–H and O–H groups in total. The minimum Gasteiger partial charge on any atom is -0.469 e. The Labute approximate surface area is 148 Å². The number of aryl methyl sites for hydroxylation is 1. The highest BCUT2D eigenvalue weighted by Gasteiger charge is 2.37. The fourth-order valence-corrected chi connectivity index (χ4v) is 3.57. The second-order valence-electron chi connectivity index (χ2n) is 7.34. The van der Waals surface area contributed by atoms with Crippen LogP contribution in [0.3, 0.4) is 0 Å². The highest BCUT2D eigenvalue weighted by Crippen LogP contribution is 2.33. The van der Waals surface area contributed by atoms with Gasteiger partial charge < -0.3 is 4.74 Å². The van der Waals surface area contributed by atoms with Gasteiger partial charge in [-0.25, -0.2) is 4.99 Å². The van der Waals surface area contributed by atoms with Crippen molar-refractivity contribution in [1.82, 2.24) is 0 Å². The Bertz CT molecular complexity index is 508. The first-order valence-electron chi connectivity index (χ1n) is 10.0. The van der Waals surface area contributed by atoms with Gasteiger partial charge in [0.05, 0.1) is 6.54 Å². The monoisotopic (exact) mass is 329 g/mol. The van der Waals surface area contributed by atoms with Gasteiger partial charge in [-0.15, -0.1) is 0 Å². The first-order valence-corrected chi connectivity index (χ1v) is 10.0. The third-order valence-corrected chi connectivity index (χ3v) is 5.17. The molecule has 134 valence electrons. The molecule has 0 bridgehead atoms. The van der Waals surface area contributed by atoms with Gasteiger partial charge in [0.25, 0.3) is 0 Å². The summed E-state index contributed by atoms with van der Waals surface area (Å²) in [5.41, 5.74) is 2.38. The maximum Gasteiger partial charge on any atom is 0.217 e. The Morgan fingerprint density at radius 1 is 0.917 bits per heavy atom. The molecule has 0 unspecified atom stereocenters. The summed E-state index contributed by atoms with van der Waals surface area (Å²) in [5, 5.41) is 0. The average molecular weight is 330 g/mol. The van der Waals surface area contributed by atoms with Gasteiger partial charge in [0, 0.05) is 5.56 Å². The van der Waals surface area contributed by atoms with Crippen LogP contribution in [0.4, 0.5) is 0 Å². The van der Waals surface area contributed by atoms with Gasteiger partial charge in [-0.2, -0.15) is 0 Å². The standard InChI is InChI=1S/C22H35NO/c1-4-6-8-12-16-22(17-13-9-7-5-2)18-23-21(24-22)20-15-11-10-14-19(20)3/h10-11,14-15H,4-9,12-13,16-18H2,1-3H3. The topological polar surface area (TPSA) is 21.6 Å². The van der Waals surface area contributed by atoms with E-state index in [1.165, 1.54) is 62.5 Å². The van der Waals surface area contributed by atoms with E-state index in [4.69, 9.17) is 9.73 Å². The van der Waals surface area contributed by atoms with E-state index in [2.05, 4.69) is 45.0 Å². The summed E-state index contributed by atoms with van der Waals surface area (Å²) in [5.74, 6) is 0.874. The zero-order valence-electron chi connectivity index (χ0n) is 15.9. The van der Waals surface area contributed by atoms with Gasteiger partial charge in [0.15, 0.2) is 0 Å². The molecule has 1 aliphatic heterocycles. The summed E-state index contributed by atoms with van der Waals surface area (Å²) >= 11 is 0. The molecule has 0 aliphatic carbocycles. The van der Waals surface area contributed by atoms with Crippen LogP contribution in [0, 0.1) is 6.92 Å². The summed E-state index contributed by atoms with van der Waals surface area (Å²) in [6.07, 6.45) is 12.7. The molecule has 2 nitrogen and oxygen atoms in total. The summed E-state index contributed by atoms with van der Waals surface area (Å²) in [4.78, 5) is 4.81. The molecule has 0 atom stereocenters. The minimum atomic E-state index is -0.0426. The Morgan fingerprint density at radius 3 is 2.12 bits per heavy atom. The fourth-order valence-electron chi connectivity index (χ4n) is 3.57. The van der Waals surface area contributed by atoms with Gasteiger partial charge in [0.2, 0.25) is 5.90 Å². The van der Waals surface area contributed by atoms with Crippen LogP contribution in [-0.2, 0) is 4.74 Å². The Kier molecular flexibility index (Phi) is 7.81. The van der Waals surface area contributed by atoms with E-state index in [0.29, 0.717) is 0 Å². The maximum absolute atomic E-state index is 6.53. The normalized spacial score (nSPS) is 16.0. The number of hydrogen-bond acceptors (Lipinski definition) is 2. The number of benzene rings is 1. The SMILES string of the molecule is CCCCCCC1(CCCCCC)CN=C(c2ccccc2C)O1. The largest absolute Gasteiger partial charge is 0.469 e. The Hall–Kier alpha value is -1.31. The molecule has 0 aromatic heterocycles. The predicted molar refractivity (Wildman–Crippen MR) is 104 cm³/mol. The van der Waals surface area contributed by atoms with E-state index < -0.39 is 0 Å². The molecule has 0 saturated heterocycles. The van der Waals surface area contributed by atoms with Crippen molar-refractivity contribution in [2.24, 2.45) is 4.99 Å². The lowest BCUT2D eigenvalue weighted by molar-refractivity contribution is 0.0626. The minimum absolute atomic E-state index is 0.0426. The first-order chi connectivity index (χ1) is 11.7. The highest BCUT2D eigenvalue weighted by molar-refractivity contribution is 5.96. The third-order valence-electron chi connectivity index (χ3n) is 5.17. The lowest BCUT2D eigenvalue weighted by atomic mass is 9.90. The molecule has 24 heavy (non-hydrogen) atoms. The maximum atomic E-state index is 6.53. The van der Waals surface area contributed by atoms with Crippen LogP contribution in [0.1, 0.15) is 89.2 Å². The summed E-state index contributed by atoms with van der Waals surface area (Å²) in [7, 11) is 0. The van der Waals surface area contributed by atoms with Crippen LogP contribution in [0.5, 0.6) is 0 Å². The van der Waals surface area contributed by atoms with Crippen molar-refractivity contribution in [2.45, 2.75) is 90.6 Å². The Balaban J connectivity index is 1.98. The molecule has 0 spiro atoms. The van der Waals surface area contributed by atoms with E-state index >= 15 is 0 Å². The van der Waals surface area contributed by atoms with E-state index in [1.807, 2.05) is 0 Å². The lowest BCUT2D eigenvalue weighted by Crippen LogP contribution is -2.33. The van der Waals surface area contributed by atoms with Crippen molar-refractivity contribution in [3.05, 3.63) is 35.4 Å². The first kappa shape index (κ1) is 19.0. The number of hydrogen-bond donors (Lipinski definition) is 0. The third kappa shape index (κ3) is 5.36. The fraction of sp³-hybridized carbons (Fsp3) is 0.682. The molecule has 1 aromatic rings. The molecule has 1 aliphatic rings. The molecule has 0 saturated carbocycles. The van der Waals surface area contributed by atoms with Crippen LogP contribution in [-0.4, -0.2) is 18.0 Å². The van der Waals surface area contributed by atoms with Crippen molar-refractivity contribution in [3.63, 3.8) is 0 Å². The number of rotatable bonds is 11. The van der Waals surface area contributed by atoms with Crippen molar-refractivity contribution < 1.29 is 4.74 Å². The summed E-state index contributed by atoms with van der Waals surface area (Å²) in [6.45, 7) is 7.52. The van der Waals surface area contributed by atoms with Gasteiger partial charge in [0.1, 0.15) is 5.60 Å². The molecule has 0 radical (unpaired) electrons. The number of unbranched alkanes of at least 4 members (excludes halogenated alkanes) is 6. The lowest BCUT2D eigenvalue weighted by Gasteiger charge is -2.29. The average Bonchev–Trinajstić information content (AvgIpc) is 3.01. The van der Waals surface area contributed by atoms with Crippen molar-refractivity contribution in [2.75, 3.05) is 6.54 Å². The van der Waals surface area contributed by atoms with Crippen molar-refractivity contribution in [1.29, 1.82) is 0 Å². The van der Waals surface area contributed by atoms with Gasteiger partial charge in [-0.05, 0) is 44.2 Å². The molecule has 0 fully saturated rings. The van der Waals surface area contributed by atoms with Crippen LogP contribution in [0.2, 0.25) is 0 Å². The number of ether oxygens (including phenoxy) is 1. The molecule has 2 heteroatoms. The van der Waals surface area contributed by atoms with Gasteiger partial charge >= 0.3 is 0 Å². The zero-order valence-corrected chi connectivity index (χ0v) is 15.9. The van der Waals surface area contributed by atoms with Crippen LogP contribution < -0.4 is 0 Å². The molecule has 1 aromatic carbocycles. The quantitative estimate of drug-likeness (QED) is 0.427. The highest BCUT2D eigenvalue weighted by atomic mass is 16.5. The van der Waals surface area contributed by atoms with Crippen LogP contribution in [0.25, 0.3) is 0 Å². The van der Waals surface area contributed by atoms with Gasteiger partial charge in [-0.3, -0.25) is 0 Å². The van der Waals surface area contributed by atoms with Crippen LogP contribution >= 0.6 is 0 Å². The molecule has 0 amide bonds. The van der Waals surface area contributed by atoms with E-state index in [-0.39, 0.29) is 5.60 Å². The van der Waals surface area contributed by atoms with Crippen molar-refractivity contribution >= 4 is 5.90 Å². The zero-order chi connectivity index (χ0) is 17.3. The number of aliphatic imine (C=N–C) groups is 1. The predicted octanol–water partition coefficient (Wildman–Crippen LogP) is 6.45. The summed E-state index contributed by atoms with van der Waals surface area (Å²) < 4.78 is 6.53. The molecular weight excluding hydrogens is 294 g/mol. The van der Waals surface area contributed by atoms with E-state index in [1.54, 1.807) is 0 Å². The van der Waals surface area contributed by atoms with E-state index in [0.717, 1.165) is 25.3 Å². The number of nitrogens with zero attached hydrogens (tertiary/aromatic N) is 1. The smallest absolute Gasteiger partial charge is 0.217 e. The second-order valence-corrected chi connectivity index (χ2v) is 7.34.